The van der Waals surface area contributed by atoms with Crippen LogP contribution in [-0.4, -0.2) is 18.4 Å². The lowest BCUT2D eigenvalue weighted by molar-refractivity contribution is 0.573. The van der Waals surface area contributed by atoms with E-state index >= 15 is 0 Å². The first-order valence-corrected chi connectivity index (χ1v) is 8.93. The van der Waals surface area contributed by atoms with E-state index in [1.807, 2.05) is 26.2 Å². The zero-order valence-electron chi connectivity index (χ0n) is 11.2. The topological polar surface area (TPSA) is 72.0 Å². The van der Waals surface area contributed by atoms with Gasteiger partial charge in [-0.3, -0.25) is 9.71 Å². The second-order valence-corrected chi connectivity index (χ2v) is 8.69. The first-order chi connectivity index (χ1) is 9.18. The molecule has 2 aromatic rings. The van der Waals surface area contributed by atoms with Crippen molar-refractivity contribution in [1.82, 2.24) is 9.97 Å². The summed E-state index contributed by atoms with van der Waals surface area (Å²) >= 11 is 4.47. The molecule has 2 aromatic heterocycles. The van der Waals surface area contributed by atoms with Crippen LogP contribution in [0.25, 0.3) is 0 Å². The molecule has 0 amide bonds. The van der Waals surface area contributed by atoms with Gasteiger partial charge in [0.05, 0.1) is 5.69 Å². The van der Waals surface area contributed by atoms with Gasteiger partial charge in [-0.1, -0.05) is 20.8 Å². The number of anilines is 1. The van der Waals surface area contributed by atoms with Crippen molar-refractivity contribution < 1.29 is 8.42 Å². The quantitative estimate of drug-likeness (QED) is 0.891. The minimum atomic E-state index is -3.66. The molecular weight excluding hydrogens is 362 g/mol. The number of thiazole rings is 1. The standard InChI is InChI=1S/C12H14BrN3O2S2/c1-12(2,3)10-7-19-11(15-10)16-20(17,18)9-4-8(13)5-14-6-9/h4-7H,1-3H3,(H,15,16). The van der Waals surface area contributed by atoms with Crippen LogP contribution in [0.1, 0.15) is 26.5 Å². The summed E-state index contributed by atoms with van der Waals surface area (Å²) in [6.45, 7) is 6.08. The first kappa shape index (κ1) is 15.4. The molecule has 0 atom stereocenters. The Morgan fingerprint density at radius 1 is 1.30 bits per heavy atom. The first-order valence-electron chi connectivity index (χ1n) is 5.78. The van der Waals surface area contributed by atoms with Crippen molar-refractivity contribution in [2.75, 3.05) is 4.72 Å². The van der Waals surface area contributed by atoms with E-state index in [9.17, 15) is 8.42 Å². The number of nitrogens with zero attached hydrogens (tertiary/aromatic N) is 2. The third kappa shape index (κ3) is 3.56. The highest BCUT2D eigenvalue weighted by atomic mass is 79.9. The summed E-state index contributed by atoms with van der Waals surface area (Å²) in [6, 6.07) is 1.49. The lowest BCUT2D eigenvalue weighted by Gasteiger charge is -2.14. The molecule has 0 aromatic carbocycles. The van der Waals surface area contributed by atoms with Gasteiger partial charge in [-0.25, -0.2) is 13.4 Å². The average Bonchev–Trinajstić information content (AvgIpc) is 2.76. The Morgan fingerprint density at radius 2 is 2.00 bits per heavy atom. The molecule has 1 N–H and O–H groups in total. The SMILES string of the molecule is CC(C)(C)c1csc(NS(=O)(=O)c2cncc(Br)c2)n1. The second-order valence-electron chi connectivity index (χ2n) is 5.23. The number of aromatic nitrogens is 2. The molecule has 0 spiro atoms. The number of rotatable bonds is 3. The Morgan fingerprint density at radius 3 is 2.55 bits per heavy atom. The smallest absolute Gasteiger partial charge is 0.262 e. The summed E-state index contributed by atoms with van der Waals surface area (Å²) < 4.78 is 27.5. The van der Waals surface area contributed by atoms with Gasteiger partial charge in [0.25, 0.3) is 10.0 Å². The van der Waals surface area contributed by atoms with Crippen molar-refractivity contribution in [3.8, 4) is 0 Å². The van der Waals surface area contributed by atoms with Crippen molar-refractivity contribution in [2.24, 2.45) is 0 Å². The van der Waals surface area contributed by atoms with E-state index in [1.165, 1.54) is 29.8 Å². The van der Waals surface area contributed by atoms with Gasteiger partial charge in [-0.05, 0) is 22.0 Å². The van der Waals surface area contributed by atoms with Crippen LogP contribution in [0.15, 0.2) is 33.2 Å². The average molecular weight is 376 g/mol. The van der Waals surface area contributed by atoms with Crippen LogP contribution in [0.4, 0.5) is 5.13 Å². The van der Waals surface area contributed by atoms with Crippen LogP contribution in [0.5, 0.6) is 0 Å². The third-order valence-electron chi connectivity index (χ3n) is 2.48. The zero-order chi connectivity index (χ0) is 15.0. The van der Waals surface area contributed by atoms with E-state index in [4.69, 9.17) is 0 Å². The van der Waals surface area contributed by atoms with Gasteiger partial charge >= 0.3 is 0 Å². The van der Waals surface area contributed by atoms with Crippen LogP contribution in [0, 0.1) is 0 Å². The molecule has 0 aliphatic rings. The lowest BCUT2D eigenvalue weighted by atomic mass is 9.93. The summed E-state index contributed by atoms with van der Waals surface area (Å²) in [5, 5.41) is 2.21. The molecule has 0 fully saturated rings. The molecule has 5 nitrogen and oxygen atoms in total. The fraction of sp³-hybridized carbons (Fsp3) is 0.333. The fourth-order valence-electron chi connectivity index (χ4n) is 1.38. The van der Waals surface area contributed by atoms with Crippen LogP contribution in [0.2, 0.25) is 0 Å². The van der Waals surface area contributed by atoms with Gasteiger partial charge in [0.15, 0.2) is 5.13 Å². The van der Waals surface area contributed by atoms with Gasteiger partial charge < -0.3 is 0 Å². The molecule has 2 heterocycles. The molecule has 0 aliphatic heterocycles. The van der Waals surface area contributed by atoms with E-state index in [-0.39, 0.29) is 10.3 Å². The molecule has 0 radical (unpaired) electrons. The highest BCUT2D eigenvalue weighted by Gasteiger charge is 2.21. The van der Waals surface area contributed by atoms with Crippen LogP contribution in [-0.2, 0) is 15.4 Å². The van der Waals surface area contributed by atoms with Gasteiger partial charge in [-0.15, -0.1) is 11.3 Å². The maximum absolute atomic E-state index is 12.2. The van der Waals surface area contributed by atoms with Gasteiger partial charge in [0, 0.05) is 27.7 Å². The molecule has 0 saturated carbocycles. The van der Waals surface area contributed by atoms with Crippen molar-refractivity contribution in [3.63, 3.8) is 0 Å². The number of hydrogen-bond acceptors (Lipinski definition) is 5. The Kier molecular flexibility index (Phi) is 4.17. The minimum Gasteiger partial charge on any atom is -0.262 e. The molecule has 0 bridgehead atoms. The highest BCUT2D eigenvalue weighted by Crippen LogP contribution is 2.27. The van der Waals surface area contributed by atoms with Crippen molar-refractivity contribution >= 4 is 42.4 Å². The maximum Gasteiger partial charge on any atom is 0.265 e. The minimum absolute atomic E-state index is 0.0967. The number of nitrogens with one attached hydrogen (secondary N) is 1. The molecule has 2 rings (SSSR count). The van der Waals surface area contributed by atoms with E-state index < -0.39 is 10.0 Å². The number of pyridine rings is 1. The lowest BCUT2D eigenvalue weighted by Crippen LogP contribution is -2.15. The summed E-state index contributed by atoms with van der Waals surface area (Å²) in [5.74, 6) is 0. The fourth-order valence-corrected chi connectivity index (χ4v) is 4.07. The monoisotopic (exact) mass is 375 g/mol. The molecule has 0 unspecified atom stereocenters. The Hall–Kier alpha value is -0.990. The normalized spacial score (nSPS) is 12.4. The van der Waals surface area contributed by atoms with Crippen LogP contribution < -0.4 is 4.72 Å². The molecule has 108 valence electrons. The summed E-state index contributed by atoms with van der Waals surface area (Å²) in [6.07, 6.45) is 2.82. The van der Waals surface area contributed by atoms with Gasteiger partial charge in [0.1, 0.15) is 4.90 Å². The molecule has 20 heavy (non-hydrogen) atoms. The summed E-state index contributed by atoms with van der Waals surface area (Å²) in [5.41, 5.74) is 0.741. The Balaban J connectivity index is 2.27. The molecule has 8 heteroatoms. The zero-order valence-corrected chi connectivity index (χ0v) is 14.4. The highest BCUT2D eigenvalue weighted by molar-refractivity contribution is 9.10. The van der Waals surface area contributed by atoms with Crippen molar-refractivity contribution in [3.05, 3.63) is 34.0 Å². The Labute approximate surface area is 130 Å². The molecule has 0 saturated heterocycles. The van der Waals surface area contributed by atoms with E-state index in [2.05, 4.69) is 30.6 Å². The predicted molar refractivity (Wildman–Crippen MR) is 83.6 cm³/mol. The number of hydrogen-bond donors (Lipinski definition) is 1. The van der Waals surface area contributed by atoms with Gasteiger partial charge in [-0.2, -0.15) is 0 Å². The predicted octanol–water partition coefficient (Wildman–Crippen LogP) is 3.40. The third-order valence-corrected chi connectivity index (χ3v) is 5.11. The summed E-state index contributed by atoms with van der Waals surface area (Å²) in [7, 11) is -3.66. The Bertz CT molecular complexity index is 720. The molecular formula is C12H14BrN3O2S2. The summed E-state index contributed by atoms with van der Waals surface area (Å²) in [4.78, 5) is 8.26. The van der Waals surface area contributed by atoms with Crippen molar-refractivity contribution in [2.45, 2.75) is 31.1 Å². The van der Waals surface area contributed by atoms with Crippen LogP contribution >= 0.6 is 27.3 Å². The van der Waals surface area contributed by atoms with Crippen molar-refractivity contribution in [1.29, 1.82) is 0 Å². The number of sulfonamides is 1. The largest absolute Gasteiger partial charge is 0.265 e. The maximum atomic E-state index is 12.2. The van der Waals surface area contributed by atoms with Gasteiger partial charge in [0.2, 0.25) is 0 Å². The van der Waals surface area contributed by atoms with E-state index in [1.54, 1.807) is 0 Å². The second kappa shape index (κ2) is 5.42. The van der Waals surface area contributed by atoms with E-state index in [0.717, 1.165) is 5.69 Å². The van der Waals surface area contributed by atoms with E-state index in [0.29, 0.717) is 9.60 Å². The molecule has 0 aliphatic carbocycles. The number of halogens is 1. The van der Waals surface area contributed by atoms with Crippen LogP contribution in [0.3, 0.4) is 0 Å².